The third-order valence-corrected chi connectivity index (χ3v) is 6.33. The molecule has 0 unspecified atom stereocenters. The molecule has 4 rings (SSSR count). The lowest BCUT2D eigenvalue weighted by atomic mass is 9.79. The van der Waals surface area contributed by atoms with E-state index in [0.717, 1.165) is 18.3 Å². The molecule has 192 valence electrons. The molecule has 2 fully saturated rings. The number of amides is 1. The Labute approximate surface area is 212 Å². The standard InChI is InChI=1S/C15H26BNO4.C9H8ClNO3/c1-13(2,3)19-12(18)17-9-8-11(10-17)16-20-14(4,5)15(6,7)21-16;10-6-1-4-8(11(12)13)9(5-6)14-7-2-3-7/h8H,9-10H2,1-7H3;1,4-5,7H,2-3H2. The van der Waals surface area contributed by atoms with Crippen LogP contribution in [0, 0.1) is 10.1 Å². The van der Waals surface area contributed by atoms with Crippen LogP contribution in [0.1, 0.15) is 61.3 Å². The first kappa shape index (κ1) is 27.3. The largest absolute Gasteiger partial charge is 0.492 e. The van der Waals surface area contributed by atoms with Gasteiger partial charge in [0.1, 0.15) is 5.60 Å². The predicted octanol–water partition coefficient (Wildman–Crippen LogP) is 5.58. The van der Waals surface area contributed by atoms with Gasteiger partial charge in [0.25, 0.3) is 0 Å². The van der Waals surface area contributed by atoms with E-state index < -0.39 is 10.5 Å². The first-order chi connectivity index (χ1) is 16.1. The Morgan fingerprint density at radius 2 is 1.80 bits per heavy atom. The quantitative estimate of drug-likeness (QED) is 0.297. The molecular weight excluding hydrogens is 475 g/mol. The van der Waals surface area contributed by atoms with E-state index in [2.05, 4.69) is 0 Å². The van der Waals surface area contributed by atoms with Crippen LogP contribution in [0.3, 0.4) is 0 Å². The van der Waals surface area contributed by atoms with Crippen LogP contribution in [0.15, 0.2) is 29.7 Å². The van der Waals surface area contributed by atoms with Crippen LogP contribution in [0.2, 0.25) is 5.02 Å². The third-order valence-electron chi connectivity index (χ3n) is 6.09. The normalized spacial score (nSPS) is 20.6. The molecule has 1 aromatic rings. The van der Waals surface area contributed by atoms with Crippen molar-refractivity contribution in [1.29, 1.82) is 0 Å². The molecule has 1 aliphatic carbocycles. The molecule has 11 heteroatoms. The Bertz CT molecular complexity index is 986. The van der Waals surface area contributed by atoms with Crippen molar-refractivity contribution < 1.29 is 28.5 Å². The first-order valence-electron chi connectivity index (χ1n) is 11.7. The molecule has 1 saturated carbocycles. The summed E-state index contributed by atoms with van der Waals surface area (Å²) in [5, 5.41) is 11.1. The van der Waals surface area contributed by atoms with Gasteiger partial charge in [-0.3, -0.25) is 10.1 Å². The number of hydrogen-bond donors (Lipinski definition) is 0. The zero-order valence-electron chi connectivity index (χ0n) is 21.4. The molecule has 1 amide bonds. The third kappa shape index (κ3) is 7.12. The minimum Gasteiger partial charge on any atom is -0.483 e. The van der Waals surface area contributed by atoms with E-state index in [1.165, 1.54) is 18.2 Å². The van der Waals surface area contributed by atoms with Gasteiger partial charge in [0, 0.05) is 30.2 Å². The number of nitrogens with zero attached hydrogens (tertiary/aromatic N) is 2. The zero-order valence-corrected chi connectivity index (χ0v) is 22.2. The van der Waals surface area contributed by atoms with Crippen LogP contribution in [-0.4, -0.2) is 59.0 Å². The average Bonchev–Trinajstić information content (AvgIpc) is 3.30. The lowest BCUT2D eigenvalue weighted by Crippen LogP contribution is -2.41. The van der Waals surface area contributed by atoms with Crippen molar-refractivity contribution in [2.24, 2.45) is 0 Å². The number of ether oxygens (including phenoxy) is 2. The summed E-state index contributed by atoms with van der Waals surface area (Å²) in [5.74, 6) is 0.269. The van der Waals surface area contributed by atoms with Gasteiger partial charge in [-0.25, -0.2) is 4.79 Å². The molecule has 35 heavy (non-hydrogen) atoms. The lowest BCUT2D eigenvalue weighted by molar-refractivity contribution is -0.385. The van der Waals surface area contributed by atoms with E-state index in [0.29, 0.717) is 18.1 Å². The Morgan fingerprint density at radius 3 is 2.31 bits per heavy atom. The van der Waals surface area contributed by atoms with Crippen LogP contribution in [0.5, 0.6) is 5.75 Å². The summed E-state index contributed by atoms with van der Waals surface area (Å²) in [6, 6.07) is 4.33. The van der Waals surface area contributed by atoms with Gasteiger partial charge in [-0.2, -0.15) is 0 Å². The monoisotopic (exact) mass is 508 g/mol. The minimum absolute atomic E-state index is 0.0266. The maximum atomic E-state index is 12.1. The molecule has 0 bridgehead atoms. The molecule has 0 atom stereocenters. The Balaban J connectivity index is 0.000000211. The summed E-state index contributed by atoms with van der Waals surface area (Å²) in [6.07, 6.45) is 3.75. The average molecular weight is 509 g/mol. The maximum absolute atomic E-state index is 12.1. The predicted molar refractivity (Wildman–Crippen MR) is 134 cm³/mol. The summed E-state index contributed by atoms with van der Waals surface area (Å²) in [5.41, 5.74) is -0.249. The lowest BCUT2D eigenvalue weighted by Gasteiger charge is -2.32. The fourth-order valence-electron chi connectivity index (χ4n) is 3.31. The van der Waals surface area contributed by atoms with Crippen molar-refractivity contribution in [2.45, 2.75) is 84.2 Å². The number of rotatable bonds is 4. The van der Waals surface area contributed by atoms with Crippen molar-refractivity contribution in [1.82, 2.24) is 4.90 Å². The fraction of sp³-hybridized carbons (Fsp3) is 0.625. The molecule has 2 heterocycles. The number of nitro groups is 1. The van der Waals surface area contributed by atoms with E-state index in [1.54, 1.807) is 4.90 Å². The van der Waals surface area contributed by atoms with Crippen molar-refractivity contribution in [3.05, 3.63) is 44.9 Å². The van der Waals surface area contributed by atoms with Gasteiger partial charge in [-0.15, -0.1) is 0 Å². The number of nitro benzene ring substituents is 1. The maximum Gasteiger partial charge on any atom is 0.492 e. The Kier molecular flexibility index (Phi) is 7.79. The molecule has 0 spiro atoms. The Hall–Kier alpha value is -2.30. The highest BCUT2D eigenvalue weighted by Gasteiger charge is 2.53. The SMILES string of the molecule is CC(C)(C)OC(=O)N1CC=C(B2OC(C)(C)C(C)(C)O2)C1.O=[N+]([O-])c1ccc(Cl)cc1OC1CC1. The number of hydrogen-bond acceptors (Lipinski definition) is 7. The first-order valence-corrected chi connectivity index (χ1v) is 12.1. The molecule has 3 aliphatic rings. The van der Waals surface area contributed by atoms with Gasteiger partial charge in [0.2, 0.25) is 0 Å². The van der Waals surface area contributed by atoms with Gasteiger partial charge < -0.3 is 23.7 Å². The van der Waals surface area contributed by atoms with Gasteiger partial charge in [-0.05, 0) is 72.8 Å². The molecular formula is C24H34BClN2O7. The summed E-state index contributed by atoms with van der Waals surface area (Å²) in [4.78, 5) is 23.9. The van der Waals surface area contributed by atoms with E-state index in [4.69, 9.17) is 30.4 Å². The van der Waals surface area contributed by atoms with E-state index >= 15 is 0 Å². The number of halogens is 1. The summed E-state index contributed by atoms with van der Waals surface area (Å²) in [7, 11) is -0.387. The van der Waals surface area contributed by atoms with Gasteiger partial charge in [0.05, 0.1) is 22.2 Å². The second kappa shape index (κ2) is 9.99. The van der Waals surface area contributed by atoms with Gasteiger partial charge >= 0.3 is 18.9 Å². The number of carbonyl (C=O) groups is 1. The van der Waals surface area contributed by atoms with Crippen LogP contribution < -0.4 is 4.74 Å². The van der Waals surface area contributed by atoms with E-state index in [1.807, 2.05) is 54.5 Å². The molecule has 0 radical (unpaired) electrons. The van der Waals surface area contributed by atoms with E-state index in [9.17, 15) is 14.9 Å². The summed E-state index contributed by atoms with van der Waals surface area (Å²) >= 11 is 5.72. The smallest absolute Gasteiger partial charge is 0.483 e. The molecule has 1 aromatic carbocycles. The minimum atomic E-state index is -0.482. The van der Waals surface area contributed by atoms with Crippen molar-refractivity contribution in [3.63, 3.8) is 0 Å². The second-order valence-corrected chi connectivity index (χ2v) is 11.4. The number of carbonyl (C=O) groups excluding carboxylic acids is 1. The van der Waals surface area contributed by atoms with Gasteiger partial charge in [-0.1, -0.05) is 17.7 Å². The van der Waals surface area contributed by atoms with Crippen molar-refractivity contribution in [2.75, 3.05) is 13.1 Å². The van der Waals surface area contributed by atoms with E-state index in [-0.39, 0.29) is 42.0 Å². The molecule has 1 saturated heterocycles. The number of benzene rings is 1. The molecule has 2 aliphatic heterocycles. The topological polar surface area (TPSA) is 100 Å². The van der Waals surface area contributed by atoms with Gasteiger partial charge in [0.15, 0.2) is 5.75 Å². The highest BCUT2D eigenvalue weighted by atomic mass is 35.5. The second-order valence-electron chi connectivity index (χ2n) is 10.9. The van der Waals surface area contributed by atoms with Crippen molar-refractivity contribution >= 4 is 30.5 Å². The highest BCUT2D eigenvalue weighted by Crippen LogP contribution is 2.39. The van der Waals surface area contributed by atoms with Crippen molar-refractivity contribution in [3.8, 4) is 5.75 Å². The fourth-order valence-corrected chi connectivity index (χ4v) is 3.47. The van der Waals surface area contributed by atoms with Crippen LogP contribution in [0.4, 0.5) is 10.5 Å². The summed E-state index contributed by atoms with van der Waals surface area (Å²) in [6.45, 7) is 14.7. The molecule has 0 aromatic heterocycles. The molecule has 9 nitrogen and oxygen atoms in total. The zero-order chi connectivity index (χ0) is 26.2. The van der Waals surface area contributed by atoms with Crippen LogP contribution in [0.25, 0.3) is 0 Å². The summed E-state index contributed by atoms with van der Waals surface area (Å²) < 4.78 is 22.8. The molecule has 0 N–H and O–H groups in total. The highest BCUT2D eigenvalue weighted by molar-refractivity contribution is 6.55. The van der Waals surface area contributed by atoms with Crippen LogP contribution in [-0.2, 0) is 14.0 Å². The van der Waals surface area contributed by atoms with Crippen LogP contribution >= 0.6 is 11.6 Å². The Morgan fingerprint density at radius 1 is 1.20 bits per heavy atom.